The summed E-state index contributed by atoms with van der Waals surface area (Å²) >= 11 is 0. The van der Waals surface area contributed by atoms with Crippen LogP contribution in [0.3, 0.4) is 0 Å². The lowest BCUT2D eigenvalue weighted by Gasteiger charge is -2.52. The van der Waals surface area contributed by atoms with E-state index in [0.717, 1.165) is 30.7 Å². The second-order valence-corrected chi connectivity index (χ2v) is 9.29. The molecular weight excluding hydrogens is 372 g/mol. The van der Waals surface area contributed by atoms with Crippen molar-refractivity contribution in [3.63, 3.8) is 0 Å². The number of nitrogens with zero attached hydrogens (tertiary/aromatic N) is 2. The maximum Gasteiger partial charge on any atom is 0.203 e. The summed E-state index contributed by atoms with van der Waals surface area (Å²) in [5.41, 5.74) is 2.86. The van der Waals surface area contributed by atoms with Crippen LogP contribution in [0, 0.1) is 0 Å². The van der Waals surface area contributed by atoms with Crippen LogP contribution in [0.2, 0.25) is 0 Å². The lowest BCUT2D eigenvalue weighted by atomic mass is 9.86. The molecule has 6 rings (SSSR count). The van der Waals surface area contributed by atoms with E-state index in [4.69, 9.17) is 14.6 Å². The third-order valence-corrected chi connectivity index (χ3v) is 6.68. The Morgan fingerprint density at radius 2 is 1.77 bits per heavy atom. The molecular formula is C26H26N2O2. The minimum Gasteiger partial charge on any atom is -0.466 e. The highest BCUT2D eigenvalue weighted by molar-refractivity contribution is 6.04. The van der Waals surface area contributed by atoms with Gasteiger partial charge in [-0.2, -0.15) is 5.10 Å². The molecule has 3 aromatic carbocycles. The highest BCUT2D eigenvalue weighted by atomic mass is 16.5. The van der Waals surface area contributed by atoms with Crippen molar-refractivity contribution in [1.82, 2.24) is 5.01 Å². The van der Waals surface area contributed by atoms with Crippen molar-refractivity contribution in [3.05, 3.63) is 77.9 Å². The Morgan fingerprint density at radius 3 is 2.63 bits per heavy atom. The van der Waals surface area contributed by atoms with Gasteiger partial charge in [0.15, 0.2) is 0 Å². The van der Waals surface area contributed by atoms with Gasteiger partial charge in [-0.05, 0) is 42.3 Å². The number of para-hydroxylation sites is 1. The monoisotopic (exact) mass is 398 g/mol. The van der Waals surface area contributed by atoms with Crippen molar-refractivity contribution in [2.45, 2.75) is 50.5 Å². The molecule has 3 heterocycles. The van der Waals surface area contributed by atoms with E-state index in [1.54, 1.807) is 0 Å². The largest absolute Gasteiger partial charge is 0.466 e. The van der Waals surface area contributed by atoms with Gasteiger partial charge in [0, 0.05) is 24.8 Å². The Labute approximate surface area is 177 Å². The molecule has 3 aliphatic heterocycles. The van der Waals surface area contributed by atoms with Crippen LogP contribution in [0.5, 0.6) is 5.75 Å². The zero-order valence-corrected chi connectivity index (χ0v) is 17.5. The smallest absolute Gasteiger partial charge is 0.203 e. The first-order valence-corrected chi connectivity index (χ1v) is 10.8. The zero-order chi connectivity index (χ0) is 20.3. The lowest BCUT2D eigenvalue weighted by molar-refractivity contribution is -0.212. The number of fused-ring (bicyclic) bond motifs is 5. The van der Waals surface area contributed by atoms with Crippen LogP contribution >= 0.6 is 0 Å². The van der Waals surface area contributed by atoms with Crippen LogP contribution in [-0.4, -0.2) is 28.7 Å². The molecule has 0 unspecified atom stereocenters. The molecule has 3 aliphatic rings. The fourth-order valence-electron chi connectivity index (χ4n) is 5.35. The molecule has 152 valence electrons. The summed E-state index contributed by atoms with van der Waals surface area (Å²) < 4.78 is 12.7. The molecule has 0 N–H and O–H groups in total. The predicted molar refractivity (Wildman–Crippen MR) is 119 cm³/mol. The predicted octanol–water partition coefficient (Wildman–Crippen LogP) is 5.67. The van der Waals surface area contributed by atoms with Crippen molar-refractivity contribution in [3.8, 4) is 5.75 Å². The van der Waals surface area contributed by atoms with Crippen molar-refractivity contribution in [2.24, 2.45) is 5.10 Å². The molecule has 0 amide bonds. The highest BCUT2D eigenvalue weighted by Gasteiger charge is 2.54. The Bertz CT molecular complexity index is 1170. The van der Waals surface area contributed by atoms with E-state index in [0.29, 0.717) is 6.61 Å². The molecule has 1 fully saturated rings. The van der Waals surface area contributed by atoms with Gasteiger partial charge in [-0.3, -0.25) is 0 Å². The summed E-state index contributed by atoms with van der Waals surface area (Å²) in [6.45, 7) is 4.98. The number of hydrogen-bond acceptors (Lipinski definition) is 4. The fraction of sp³-hybridized carbons (Fsp3) is 0.346. The van der Waals surface area contributed by atoms with E-state index < -0.39 is 5.72 Å². The van der Waals surface area contributed by atoms with E-state index in [2.05, 4.69) is 85.6 Å². The van der Waals surface area contributed by atoms with Gasteiger partial charge in [0.25, 0.3) is 0 Å². The van der Waals surface area contributed by atoms with Gasteiger partial charge in [-0.1, -0.05) is 54.6 Å². The number of benzene rings is 3. The molecule has 30 heavy (non-hydrogen) atoms. The lowest BCUT2D eigenvalue weighted by Crippen LogP contribution is -2.60. The molecule has 1 spiro atoms. The van der Waals surface area contributed by atoms with Crippen LogP contribution < -0.4 is 4.74 Å². The van der Waals surface area contributed by atoms with Gasteiger partial charge in [0.1, 0.15) is 5.75 Å². The molecule has 0 radical (unpaired) electrons. The van der Waals surface area contributed by atoms with Crippen molar-refractivity contribution in [2.75, 3.05) is 6.61 Å². The van der Waals surface area contributed by atoms with Gasteiger partial charge in [-0.15, -0.1) is 0 Å². The third-order valence-electron chi connectivity index (χ3n) is 6.68. The first kappa shape index (κ1) is 18.0. The Hall–Kier alpha value is -2.85. The standard InChI is InChI=1S/C26H26N2O2/c1-25(2)17-26(13-14-29-25)28-23(21-9-5-6-10-24(21)30-26)16-22(27-28)20-12-11-18-7-3-4-8-19(18)15-20/h3-12,15,23H,13-14,16-17H2,1-2H3/t23-,26-/m1/s1. The number of ether oxygens (including phenoxy) is 2. The van der Waals surface area contributed by atoms with E-state index in [9.17, 15) is 0 Å². The normalized spacial score (nSPS) is 26.8. The maximum atomic E-state index is 6.70. The summed E-state index contributed by atoms with van der Waals surface area (Å²) in [4.78, 5) is 0. The van der Waals surface area contributed by atoms with Crippen molar-refractivity contribution in [1.29, 1.82) is 0 Å². The van der Waals surface area contributed by atoms with Crippen LogP contribution in [0.4, 0.5) is 0 Å². The van der Waals surface area contributed by atoms with Crippen LogP contribution in [0.15, 0.2) is 71.8 Å². The molecule has 4 nitrogen and oxygen atoms in total. The van der Waals surface area contributed by atoms with Gasteiger partial charge in [0.2, 0.25) is 5.72 Å². The second kappa shape index (κ2) is 6.32. The van der Waals surface area contributed by atoms with E-state index in [1.807, 2.05) is 0 Å². The Morgan fingerprint density at radius 1 is 0.967 bits per heavy atom. The van der Waals surface area contributed by atoms with E-state index >= 15 is 0 Å². The average molecular weight is 399 g/mol. The molecule has 0 aromatic heterocycles. The highest BCUT2D eigenvalue weighted by Crippen LogP contribution is 2.51. The Balaban J connectivity index is 1.46. The molecule has 0 aliphatic carbocycles. The van der Waals surface area contributed by atoms with Gasteiger partial charge in [0.05, 0.1) is 24.0 Å². The third kappa shape index (κ3) is 2.74. The first-order valence-electron chi connectivity index (χ1n) is 10.8. The summed E-state index contributed by atoms with van der Waals surface area (Å²) in [6, 6.07) is 23.8. The van der Waals surface area contributed by atoms with Gasteiger partial charge in [-0.25, -0.2) is 5.01 Å². The van der Waals surface area contributed by atoms with Gasteiger partial charge >= 0.3 is 0 Å². The summed E-state index contributed by atoms with van der Waals surface area (Å²) in [5, 5.41) is 9.96. The van der Waals surface area contributed by atoms with E-state index in [1.165, 1.54) is 21.9 Å². The first-order chi connectivity index (χ1) is 14.5. The van der Waals surface area contributed by atoms with Crippen LogP contribution in [0.25, 0.3) is 10.8 Å². The molecule has 2 atom stereocenters. The molecule has 0 saturated carbocycles. The topological polar surface area (TPSA) is 34.1 Å². The van der Waals surface area contributed by atoms with Crippen LogP contribution in [-0.2, 0) is 4.74 Å². The molecule has 0 bridgehead atoms. The van der Waals surface area contributed by atoms with Crippen LogP contribution in [0.1, 0.15) is 50.3 Å². The summed E-state index contributed by atoms with van der Waals surface area (Å²) in [5.74, 6) is 0.992. The SMILES string of the molecule is CC1(C)C[C@@]2(CCO1)Oc1ccccc1[C@H]1CC(c3ccc4ccccc4c3)=NN12. The van der Waals surface area contributed by atoms with E-state index in [-0.39, 0.29) is 11.6 Å². The average Bonchev–Trinajstić information content (AvgIpc) is 3.20. The fourth-order valence-corrected chi connectivity index (χ4v) is 5.35. The summed E-state index contributed by atoms with van der Waals surface area (Å²) in [7, 11) is 0. The summed E-state index contributed by atoms with van der Waals surface area (Å²) in [6.07, 6.45) is 2.50. The Kier molecular flexibility index (Phi) is 3.79. The van der Waals surface area contributed by atoms with Crippen molar-refractivity contribution < 1.29 is 9.47 Å². The van der Waals surface area contributed by atoms with Gasteiger partial charge < -0.3 is 9.47 Å². The minimum atomic E-state index is -0.459. The number of hydrogen-bond donors (Lipinski definition) is 0. The number of rotatable bonds is 1. The maximum absolute atomic E-state index is 6.70. The molecule has 3 aromatic rings. The second-order valence-electron chi connectivity index (χ2n) is 9.29. The van der Waals surface area contributed by atoms with Crippen molar-refractivity contribution >= 4 is 16.5 Å². The quantitative estimate of drug-likeness (QED) is 0.530. The zero-order valence-electron chi connectivity index (χ0n) is 17.5. The minimum absolute atomic E-state index is 0.199. The molecule has 4 heteroatoms. The molecule has 1 saturated heterocycles. The number of hydrazone groups is 1.